The molecule has 0 radical (unpaired) electrons. The highest BCUT2D eigenvalue weighted by molar-refractivity contribution is 5.95. The Bertz CT molecular complexity index is 5630. The highest BCUT2D eigenvalue weighted by Gasteiger charge is 2.36. The lowest BCUT2D eigenvalue weighted by Gasteiger charge is -2.39. The summed E-state index contributed by atoms with van der Waals surface area (Å²) in [6, 6.07) is 41.0. The van der Waals surface area contributed by atoms with Gasteiger partial charge in [-0.2, -0.15) is 20.4 Å². The van der Waals surface area contributed by atoms with Crippen molar-refractivity contribution in [2.24, 2.45) is 0 Å². The van der Waals surface area contributed by atoms with E-state index in [1.54, 1.807) is 97.5 Å². The average Bonchev–Trinajstić information content (AvgIpc) is 1.64. The molecule has 0 unspecified atom stereocenters. The molecule has 0 spiro atoms. The van der Waals surface area contributed by atoms with Gasteiger partial charge in [0.05, 0.1) is 68.4 Å². The normalized spacial score (nSPS) is 15.8. The van der Waals surface area contributed by atoms with Crippen molar-refractivity contribution in [3.63, 3.8) is 0 Å². The summed E-state index contributed by atoms with van der Waals surface area (Å²) in [5, 5.41) is 18.4. The quantitative estimate of drug-likeness (QED) is 0.0774. The molecular formula is C89H98F3N17O8. The van der Waals surface area contributed by atoms with Crippen molar-refractivity contribution in [2.75, 3.05) is 73.1 Å². The van der Waals surface area contributed by atoms with Crippen molar-refractivity contribution >= 4 is 52.4 Å². The van der Waals surface area contributed by atoms with Gasteiger partial charge in [-0.15, -0.1) is 0 Å². The number of hydrogen-bond acceptors (Lipinski definition) is 15. The van der Waals surface area contributed by atoms with Gasteiger partial charge in [0, 0.05) is 129 Å². The number of ether oxygens (including phenoxy) is 2. The van der Waals surface area contributed by atoms with E-state index in [0.717, 1.165) is 67.4 Å². The minimum atomic E-state index is -0.309. The summed E-state index contributed by atoms with van der Waals surface area (Å²) < 4.78 is 57.6. The summed E-state index contributed by atoms with van der Waals surface area (Å²) in [6.45, 7) is 26.7. The molecule has 10 heterocycles. The smallest absolute Gasteiger partial charge is 0.274 e. The van der Waals surface area contributed by atoms with E-state index < -0.39 is 0 Å². The fraction of sp³-hybridized carbons (Fsp3) is 0.360. The number of halogens is 3. The lowest BCUT2D eigenvalue weighted by atomic mass is 10.0. The zero-order chi connectivity index (χ0) is 83.2. The number of amides is 6. The third kappa shape index (κ3) is 18.9. The molecule has 28 heteroatoms. The van der Waals surface area contributed by atoms with Gasteiger partial charge in [0.15, 0.2) is 16.9 Å². The third-order valence-corrected chi connectivity index (χ3v) is 21.7. The Hall–Kier alpha value is -12.6. The van der Waals surface area contributed by atoms with Crippen LogP contribution in [0.3, 0.4) is 0 Å². The molecule has 3 saturated heterocycles. The Labute approximate surface area is 677 Å². The second-order valence-corrected chi connectivity index (χ2v) is 31.1. The monoisotopic (exact) mass is 1590 g/mol. The molecule has 25 nitrogen and oxygen atoms in total. The molecule has 0 saturated carbocycles. The van der Waals surface area contributed by atoms with Crippen LogP contribution < -0.4 is 9.47 Å². The Balaban J connectivity index is 0.000000152. The summed E-state index contributed by atoms with van der Waals surface area (Å²) in [5.74, 6) is 0.527. The van der Waals surface area contributed by atoms with Gasteiger partial charge in [-0.05, 0) is 185 Å². The number of benzene rings is 5. The molecule has 3 aliphatic rings. The van der Waals surface area contributed by atoms with Crippen molar-refractivity contribution < 1.29 is 51.4 Å². The summed E-state index contributed by atoms with van der Waals surface area (Å²) >= 11 is 0. The van der Waals surface area contributed by atoms with Crippen LogP contribution in [0.25, 0.3) is 50.7 Å². The van der Waals surface area contributed by atoms with E-state index in [1.165, 1.54) is 36.4 Å². The van der Waals surface area contributed by atoms with Crippen molar-refractivity contribution in [2.45, 2.75) is 138 Å². The number of fused-ring (bicyclic) bond motifs is 3. The van der Waals surface area contributed by atoms with Crippen LogP contribution in [0.15, 0.2) is 164 Å². The van der Waals surface area contributed by atoms with E-state index in [2.05, 4.69) is 76.9 Å². The van der Waals surface area contributed by atoms with Crippen LogP contribution in [0.2, 0.25) is 0 Å². The summed E-state index contributed by atoms with van der Waals surface area (Å²) in [7, 11) is 3.21. The average molecular weight is 1590 g/mol. The number of carbonyl (C=O) groups excluding carboxylic acids is 6. The molecule has 3 aliphatic heterocycles. The number of aromatic nitrogens is 11. The van der Waals surface area contributed by atoms with Gasteiger partial charge in [0.1, 0.15) is 46.0 Å². The molecule has 0 aliphatic carbocycles. The first kappa shape index (κ1) is 82.4. The first-order valence-corrected chi connectivity index (χ1v) is 39.6. The first-order valence-electron chi connectivity index (χ1n) is 39.6. The van der Waals surface area contributed by atoms with Crippen LogP contribution in [0.4, 0.5) is 13.2 Å². The van der Waals surface area contributed by atoms with E-state index in [9.17, 15) is 41.9 Å². The Kier molecular flexibility index (Phi) is 25.1. The molecule has 6 amide bonds. The first-order chi connectivity index (χ1) is 56.1. The largest absolute Gasteiger partial charge is 0.497 e. The standard InChI is InChI=1S/2C30H32FN5O3.C29H34FN7O2/c1-19(2)25-16-26(22-7-9-23(31)10-8-22)33-36-18-27(32-29(25)36)30(38)34-13-14-35(20(3)17-34)28(37)15-21-5-11-24(39-4)12-6-21;1-19(2)25-16-26(22-8-10-23(31)11-9-22)33-36-18-27(32-29(25)36)30(38)34-12-13-35(20(3)17-34)28(37)15-21-6-5-7-24(14-21)39-4;1-18(2)24-15-25(22-6-8-23(30)9-7-22)33-37-17-26(31-28(24)37)29(39)34-12-13-35(21(5)16-34)27(38)10-11-36-20(4)14-19(3)32-36/h5-12,16,18-20H,13-15,17H2,1-4H3;5-11,14,16,18-20H,12-13,15,17H2,1-4H3;6-9,14-15,17-18,21H,10-13,16H2,1-5H3/t2*20-;21-/m000/s1. The van der Waals surface area contributed by atoms with Gasteiger partial charge in [-0.1, -0.05) is 65.8 Å². The molecule has 117 heavy (non-hydrogen) atoms. The summed E-state index contributed by atoms with van der Waals surface area (Å²) in [4.78, 5) is 104. The molecular weight excluding hydrogens is 1490 g/mol. The predicted octanol–water partition coefficient (Wildman–Crippen LogP) is 13.4. The van der Waals surface area contributed by atoms with Gasteiger partial charge >= 0.3 is 0 Å². The maximum absolute atomic E-state index is 13.5. The molecule has 3 fully saturated rings. The SMILES string of the molecule is COc1ccc(CC(=O)N2CCN(C(=O)c3cn4nc(-c5ccc(F)cc5)cc(C(C)C)c4n3)C[C@@H]2C)cc1.COc1cccc(CC(=O)N2CCN(C(=O)c3cn4nc(-c5ccc(F)cc5)cc(C(C)C)c4n3)C[C@@H]2C)c1.Cc1cc(C)n(CCC(=O)N2CCN(C(=O)c3cn4nc(-c5ccc(F)cc5)cc(C(C)C)c4n3)C[C@@H]2C)n1. The van der Waals surface area contributed by atoms with Crippen molar-refractivity contribution in [3.8, 4) is 45.3 Å². The molecule has 3 atom stereocenters. The van der Waals surface area contributed by atoms with Crippen LogP contribution in [-0.4, -0.2) is 210 Å². The van der Waals surface area contributed by atoms with Gasteiger partial charge in [0.25, 0.3) is 17.7 Å². The van der Waals surface area contributed by atoms with Crippen LogP contribution in [-0.2, 0) is 33.8 Å². The van der Waals surface area contributed by atoms with Crippen molar-refractivity contribution in [3.05, 3.63) is 238 Å². The summed E-state index contributed by atoms with van der Waals surface area (Å²) in [5.41, 5.74) is 13.9. The highest BCUT2D eigenvalue weighted by Crippen LogP contribution is 2.32. The Morgan fingerprint density at radius 2 is 0.778 bits per heavy atom. The molecule has 12 aromatic rings. The minimum Gasteiger partial charge on any atom is -0.497 e. The van der Waals surface area contributed by atoms with Crippen LogP contribution in [0.1, 0.15) is 157 Å². The molecule has 15 rings (SSSR count). The van der Waals surface area contributed by atoms with E-state index in [4.69, 9.17) is 9.47 Å². The molecule has 0 N–H and O–H groups in total. The number of nitrogens with zero attached hydrogens (tertiary/aromatic N) is 17. The van der Waals surface area contributed by atoms with E-state index in [1.807, 2.05) is 127 Å². The number of imidazole rings is 3. The highest BCUT2D eigenvalue weighted by atomic mass is 19.1. The lowest BCUT2D eigenvalue weighted by molar-refractivity contribution is -0.136. The molecule has 7 aromatic heterocycles. The number of methoxy groups -OCH3 is 2. The fourth-order valence-electron chi connectivity index (χ4n) is 15.2. The van der Waals surface area contributed by atoms with Gasteiger partial charge in [0.2, 0.25) is 17.7 Å². The van der Waals surface area contributed by atoms with Crippen LogP contribution in [0, 0.1) is 31.3 Å². The number of hydrogen-bond donors (Lipinski definition) is 0. The molecule has 5 aromatic carbocycles. The number of aryl methyl sites for hydroxylation is 3. The zero-order valence-electron chi connectivity index (χ0n) is 68.2. The summed E-state index contributed by atoms with van der Waals surface area (Å²) in [6.07, 6.45) is 5.92. The Morgan fingerprint density at radius 1 is 0.419 bits per heavy atom. The van der Waals surface area contributed by atoms with E-state index >= 15 is 0 Å². The minimum absolute atomic E-state index is 0.0229. The second kappa shape index (κ2) is 35.6. The number of piperazine rings is 3. The zero-order valence-corrected chi connectivity index (χ0v) is 68.2. The van der Waals surface area contributed by atoms with E-state index in [-0.39, 0.29) is 95.2 Å². The van der Waals surface area contributed by atoms with Crippen molar-refractivity contribution in [1.29, 1.82) is 0 Å². The maximum atomic E-state index is 13.5. The van der Waals surface area contributed by atoms with Gasteiger partial charge < -0.3 is 38.9 Å². The third-order valence-electron chi connectivity index (χ3n) is 21.7. The van der Waals surface area contributed by atoms with Gasteiger partial charge in [-0.3, -0.25) is 33.4 Å². The van der Waals surface area contributed by atoms with Gasteiger partial charge in [-0.25, -0.2) is 41.7 Å². The lowest BCUT2D eigenvalue weighted by Crippen LogP contribution is -2.55. The Morgan fingerprint density at radius 3 is 1.11 bits per heavy atom. The topological polar surface area (TPSA) is 249 Å². The van der Waals surface area contributed by atoms with Crippen molar-refractivity contribution in [1.82, 2.24) is 83.0 Å². The number of carbonyl (C=O) groups is 6. The molecule has 608 valence electrons. The predicted molar refractivity (Wildman–Crippen MR) is 438 cm³/mol. The fourth-order valence-corrected chi connectivity index (χ4v) is 15.2. The van der Waals surface area contributed by atoms with Crippen LogP contribution in [0.5, 0.6) is 11.5 Å². The maximum Gasteiger partial charge on any atom is 0.274 e. The second-order valence-electron chi connectivity index (χ2n) is 31.1. The molecule has 0 bridgehead atoms. The van der Waals surface area contributed by atoms with Crippen LogP contribution >= 0.6 is 0 Å². The number of rotatable bonds is 18. The van der Waals surface area contributed by atoms with E-state index in [0.29, 0.717) is 129 Å².